The predicted octanol–water partition coefficient (Wildman–Crippen LogP) is 3.95. The van der Waals surface area contributed by atoms with Gasteiger partial charge in [-0.2, -0.15) is 11.3 Å². The molecule has 0 saturated heterocycles. The third kappa shape index (κ3) is 4.19. The lowest BCUT2D eigenvalue weighted by atomic mass is 10.1. The summed E-state index contributed by atoms with van der Waals surface area (Å²) in [5.74, 6) is 0.424. The van der Waals surface area contributed by atoms with E-state index in [1.807, 2.05) is 22.9 Å². The zero-order chi connectivity index (χ0) is 17.9. The number of ether oxygens (including phenoxy) is 1. The highest BCUT2D eigenvalue weighted by molar-refractivity contribution is 7.89. The molecule has 0 unspecified atom stereocenters. The van der Waals surface area contributed by atoms with Crippen LogP contribution in [0.3, 0.4) is 0 Å². The fourth-order valence-corrected chi connectivity index (χ4v) is 4.28. The van der Waals surface area contributed by atoms with Crippen LogP contribution < -0.4 is 9.46 Å². The van der Waals surface area contributed by atoms with E-state index in [0.717, 1.165) is 16.7 Å². The van der Waals surface area contributed by atoms with Crippen molar-refractivity contribution >= 4 is 33.0 Å². The fourth-order valence-electron chi connectivity index (χ4n) is 2.25. The summed E-state index contributed by atoms with van der Waals surface area (Å²) >= 11 is 7.60. The van der Waals surface area contributed by atoms with E-state index >= 15 is 0 Å². The second-order valence-corrected chi connectivity index (χ2v) is 8.17. The summed E-state index contributed by atoms with van der Waals surface area (Å²) in [6, 6.07) is 8.25. The summed E-state index contributed by atoms with van der Waals surface area (Å²) in [6.45, 7) is 0.136. The predicted molar refractivity (Wildman–Crippen MR) is 99.6 cm³/mol. The highest BCUT2D eigenvalue weighted by Gasteiger charge is 2.16. The summed E-state index contributed by atoms with van der Waals surface area (Å²) in [4.78, 5) is 4.27. The summed E-state index contributed by atoms with van der Waals surface area (Å²) in [5.41, 5.74) is 2.78. The Morgan fingerprint density at radius 1 is 1.20 bits per heavy atom. The molecular weight excluding hydrogens is 380 g/mol. The molecule has 0 atom stereocenters. The van der Waals surface area contributed by atoms with Crippen molar-refractivity contribution in [1.29, 1.82) is 0 Å². The lowest BCUT2D eigenvalue weighted by Gasteiger charge is -2.09. The van der Waals surface area contributed by atoms with Crippen LogP contribution in [0.1, 0.15) is 5.56 Å². The van der Waals surface area contributed by atoms with E-state index in [-0.39, 0.29) is 16.5 Å². The van der Waals surface area contributed by atoms with E-state index in [1.54, 1.807) is 23.7 Å². The van der Waals surface area contributed by atoms with Crippen molar-refractivity contribution in [3.8, 4) is 16.9 Å². The molecule has 0 radical (unpaired) electrons. The first-order valence-electron chi connectivity index (χ1n) is 7.29. The molecule has 1 N–H and O–H groups in total. The standard InChI is InChI=1S/C17H15ClN2O3S2/c1-23-17-3-2-15(7-16(17)18)25(21,22)20-9-12-6-14(10-19-8-12)13-4-5-24-11-13/h2-8,10-11,20H,9H2,1H3. The monoisotopic (exact) mass is 394 g/mol. The number of halogens is 1. The number of hydrogen-bond donors (Lipinski definition) is 1. The molecule has 2 aromatic heterocycles. The van der Waals surface area contributed by atoms with Crippen LogP contribution in [0.5, 0.6) is 5.75 Å². The second kappa shape index (κ2) is 7.53. The Bertz CT molecular complexity index is 973. The van der Waals surface area contributed by atoms with E-state index in [2.05, 4.69) is 9.71 Å². The number of pyridine rings is 1. The average Bonchev–Trinajstić information content (AvgIpc) is 3.15. The van der Waals surface area contributed by atoms with E-state index in [1.165, 1.54) is 25.3 Å². The normalized spacial score (nSPS) is 11.4. The van der Waals surface area contributed by atoms with Crippen molar-refractivity contribution < 1.29 is 13.2 Å². The highest BCUT2D eigenvalue weighted by Crippen LogP contribution is 2.27. The molecule has 3 aromatic rings. The van der Waals surface area contributed by atoms with Crippen LogP contribution in [-0.2, 0) is 16.6 Å². The minimum absolute atomic E-state index is 0.0836. The Balaban J connectivity index is 1.76. The molecule has 5 nitrogen and oxygen atoms in total. The molecule has 3 rings (SSSR count). The van der Waals surface area contributed by atoms with E-state index in [9.17, 15) is 8.42 Å². The Morgan fingerprint density at radius 2 is 2.04 bits per heavy atom. The van der Waals surface area contributed by atoms with Crippen molar-refractivity contribution in [2.75, 3.05) is 7.11 Å². The summed E-state index contributed by atoms with van der Waals surface area (Å²) in [5, 5.41) is 4.24. The van der Waals surface area contributed by atoms with Crippen molar-refractivity contribution in [2.45, 2.75) is 11.4 Å². The van der Waals surface area contributed by atoms with Gasteiger partial charge < -0.3 is 4.74 Å². The smallest absolute Gasteiger partial charge is 0.240 e. The van der Waals surface area contributed by atoms with E-state index in [4.69, 9.17) is 16.3 Å². The quantitative estimate of drug-likeness (QED) is 0.687. The molecular formula is C17H15ClN2O3S2. The van der Waals surface area contributed by atoms with E-state index < -0.39 is 10.0 Å². The maximum absolute atomic E-state index is 12.4. The van der Waals surface area contributed by atoms with Gasteiger partial charge in [-0.15, -0.1) is 0 Å². The Labute approximate surface area is 155 Å². The SMILES string of the molecule is COc1ccc(S(=O)(=O)NCc2cncc(-c3ccsc3)c2)cc1Cl. The number of sulfonamides is 1. The van der Waals surface area contributed by atoms with Crippen molar-refractivity contribution in [3.63, 3.8) is 0 Å². The molecule has 0 spiro atoms. The van der Waals surface area contributed by atoms with Gasteiger partial charge in [-0.05, 0) is 52.2 Å². The van der Waals surface area contributed by atoms with Gasteiger partial charge >= 0.3 is 0 Å². The van der Waals surface area contributed by atoms with Crippen molar-refractivity contribution in [2.24, 2.45) is 0 Å². The van der Waals surface area contributed by atoms with Gasteiger partial charge in [-0.3, -0.25) is 4.98 Å². The number of rotatable bonds is 6. The third-order valence-electron chi connectivity index (χ3n) is 3.55. The molecule has 0 aliphatic heterocycles. The van der Waals surface area contributed by atoms with Gasteiger partial charge in [0.2, 0.25) is 10.0 Å². The fraction of sp³-hybridized carbons (Fsp3) is 0.118. The maximum atomic E-state index is 12.4. The molecule has 0 bridgehead atoms. The van der Waals surface area contributed by atoms with Crippen LogP contribution in [0.25, 0.3) is 11.1 Å². The molecule has 0 saturated carbocycles. The maximum Gasteiger partial charge on any atom is 0.240 e. The zero-order valence-corrected chi connectivity index (χ0v) is 15.7. The zero-order valence-electron chi connectivity index (χ0n) is 13.3. The van der Waals surface area contributed by atoms with Crippen molar-refractivity contribution in [1.82, 2.24) is 9.71 Å². The largest absolute Gasteiger partial charge is 0.495 e. The lowest BCUT2D eigenvalue weighted by Crippen LogP contribution is -2.23. The molecule has 0 fully saturated rings. The second-order valence-electron chi connectivity index (χ2n) is 5.21. The van der Waals surface area contributed by atoms with Crippen LogP contribution in [0, 0.1) is 0 Å². The highest BCUT2D eigenvalue weighted by atomic mass is 35.5. The van der Waals surface area contributed by atoms with Crippen molar-refractivity contribution in [3.05, 3.63) is 64.1 Å². The van der Waals surface area contributed by atoms with Crippen LogP contribution >= 0.6 is 22.9 Å². The topological polar surface area (TPSA) is 68.3 Å². The van der Waals surface area contributed by atoms with Gasteiger partial charge in [0.15, 0.2) is 0 Å². The van der Waals surface area contributed by atoms with Crippen LogP contribution in [0.15, 0.2) is 58.4 Å². The number of hydrogen-bond acceptors (Lipinski definition) is 5. The van der Waals surface area contributed by atoms with Gasteiger partial charge in [0.1, 0.15) is 5.75 Å². The number of thiophene rings is 1. The average molecular weight is 395 g/mol. The molecule has 2 heterocycles. The molecule has 0 aliphatic carbocycles. The molecule has 0 aliphatic rings. The number of benzene rings is 1. The first-order chi connectivity index (χ1) is 12.0. The van der Waals surface area contributed by atoms with Crippen LogP contribution in [0.4, 0.5) is 0 Å². The minimum Gasteiger partial charge on any atom is -0.495 e. The Morgan fingerprint density at radius 3 is 2.72 bits per heavy atom. The van der Waals surface area contributed by atoms with Gasteiger partial charge in [-0.25, -0.2) is 13.1 Å². The van der Waals surface area contributed by atoms with Gasteiger partial charge in [-0.1, -0.05) is 11.6 Å². The van der Waals surface area contributed by atoms with Crippen LogP contribution in [0.2, 0.25) is 5.02 Å². The molecule has 130 valence electrons. The lowest BCUT2D eigenvalue weighted by molar-refractivity contribution is 0.414. The summed E-state index contributed by atoms with van der Waals surface area (Å²) in [7, 11) is -2.22. The number of aromatic nitrogens is 1. The minimum atomic E-state index is -3.69. The molecule has 0 amide bonds. The Kier molecular flexibility index (Phi) is 5.39. The Hall–Kier alpha value is -1.93. The third-order valence-corrected chi connectivity index (χ3v) is 5.93. The van der Waals surface area contributed by atoms with Gasteiger partial charge in [0, 0.05) is 24.5 Å². The first kappa shape index (κ1) is 17.9. The first-order valence-corrected chi connectivity index (χ1v) is 10.1. The summed E-state index contributed by atoms with van der Waals surface area (Å²) < 4.78 is 32.5. The van der Waals surface area contributed by atoms with Gasteiger partial charge in [0.25, 0.3) is 0 Å². The van der Waals surface area contributed by atoms with Gasteiger partial charge in [0.05, 0.1) is 17.0 Å². The van der Waals surface area contributed by atoms with E-state index in [0.29, 0.717) is 5.75 Å². The molecule has 25 heavy (non-hydrogen) atoms. The summed E-state index contributed by atoms with van der Waals surface area (Å²) in [6.07, 6.45) is 3.39. The number of methoxy groups -OCH3 is 1. The molecule has 8 heteroatoms. The molecule has 1 aromatic carbocycles. The number of nitrogens with zero attached hydrogens (tertiary/aromatic N) is 1. The van der Waals surface area contributed by atoms with Crippen LogP contribution in [-0.4, -0.2) is 20.5 Å². The number of nitrogens with one attached hydrogen (secondary N) is 1.